The van der Waals surface area contributed by atoms with Crippen molar-refractivity contribution in [2.45, 2.75) is 39.5 Å². The number of hydrogen-bond acceptors (Lipinski definition) is 2. The predicted octanol–water partition coefficient (Wildman–Crippen LogP) is 3.58. The molecule has 0 aliphatic heterocycles. The minimum atomic E-state index is 0.644. The first kappa shape index (κ1) is 15.1. The minimum Gasteiger partial charge on any atom is -0.382 e. The van der Waals surface area contributed by atoms with Crippen LogP contribution in [0.3, 0.4) is 0 Å². The second kappa shape index (κ2) is 12.2. The van der Waals surface area contributed by atoms with Crippen LogP contribution in [0, 0.1) is 5.92 Å². The van der Waals surface area contributed by atoms with Gasteiger partial charge >= 0.3 is 0 Å². The zero-order valence-corrected chi connectivity index (χ0v) is 11.2. The van der Waals surface area contributed by atoms with E-state index in [1.165, 1.54) is 6.42 Å². The monoisotopic (exact) mass is 232 g/mol. The van der Waals surface area contributed by atoms with Crippen LogP contribution in [0.2, 0.25) is 0 Å². The average Bonchev–Trinajstić information content (AvgIpc) is 2.27. The van der Waals surface area contributed by atoms with Crippen molar-refractivity contribution in [1.82, 2.24) is 0 Å². The van der Waals surface area contributed by atoms with E-state index in [2.05, 4.69) is 28.5 Å². The van der Waals surface area contributed by atoms with Gasteiger partial charge < -0.3 is 9.26 Å². The molecule has 0 spiro atoms. The molecule has 0 saturated heterocycles. The van der Waals surface area contributed by atoms with Gasteiger partial charge in [-0.1, -0.05) is 19.1 Å². The van der Waals surface area contributed by atoms with Crippen molar-refractivity contribution in [3.05, 3.63) is 12.2 Å². The van der Waals surface area contributed by atoms with Crippen LogP contribution in [0.25, 0.3) is 0 Å². The highest BCUT2D eigenvalue weighted by atomic mass is 31.0. The van der Waals surface area contributed by atoms with Crippen molar-refractivity contribution >= 4 is 9.47 Å². The van der Waals surface area contributed by atoms with Crippen LogP contribution >= 0.6 is 9.47 Å². The van der Waals surface area contributed by atoms with E-state index >= 15 is 0 Å². The van der Waals surface area contributed by atoms with Gasteiger partial charge in [-0.2, -0.15) is 0 Å². The van der Waals surface area contributed by atoms with Gasteiger partial charge in [-0.3, -0.25) is 0 Å². The molecule has 15 heavy (non-hydrogen) atoms. The SMILES string of the molecule is CCC=CC(CCCOCC)CCOP. The average molecular weight is 232 g/mol. The van der Waals surface area contributed by atoms with Gasteiger partial charge in [0.15, 0.2) is 0 Å². The molecule has 0 heterocycles. The summed E-state index contributed by atoms with van der Waals surface area (Å²) in [5.74, 6) is 0.644. The molecule has 0 aliphatic rings. The first-order chi connectivity index (χ1) is 7.35. The van der Waals surface area contributed by atoms with Gasteiger partial charge in [0.2, 0.25) is 0 Å². The topological polar surface area (TPSA) is 18.5 Å². The van der Waals surface area contributed by atoms with E-state index in [9.17, 15) is 0 Å². The summed E-state index contributed by atoms with van der Waals surface area (Å²) in [6.45, 7) is 6.73. The van der Waals surface area contributed by atoms with E-state index in [-0.39, 0.29) is 0 Å². The highest BCUT2D eigenvalue weighted by Crippen LogP contribution is 2.14. The second-order valence-corrected chi connectivity index (χ2v) is 3.93. The van der Waals surface area contributed by atoms with E-state index in [0.29, 0.717) is 5.92 Å². The van der Waals surface area contributed by atoms with Crippen LogP contribution in [0.4, 0.5) is 0 Å². The maximum atomic E-state index is 5.33. The van der Waals surface area contributed by atoms with Gasteiger partial charge in [0, 0.05) is 22.7 Å². The molecule has 0 N–H and O–H groups in total. The van der Waals surface area contributed by atoms with E-state index in [4.69, 9.17) is 9.26 Å². The van der Waals surface area contributed by atoms with Crippen LogP contribution in [0.5, 0.6) is 0 Å². The Bertz CT molecular complexity index is 149. The Morgan fingerprint density at radius 3 is 2.60 bits per heavy atom. The number of hydrogen-bond donors (Lipinski definition) is 0. The Balaban J connectivity index is 3.64. The summed E-state index contributed by atoms with van der Waals surface area (Å²) in [5, 5.41) is 0. The predicted molar refractivity (Wildman–Crippen MR) is 68.9 cm³/mol. The molecule has 90 valence electrons. The number of allylic oxidation sites excluding steroid dienone is 2. The van der Waals surface area contributed by atoms with Crippen LogP contribution in [-0.4, -0.2) is 19.8 Å². The zero-order chi connectivity index (χ0) is 11.4. The quantitative estimate of drug-likeness (QED) is 0.325. The van der Waals surface area contributed by atoms with Gasteiger partial charge in [-0.25, -0.2) is 0 Å². The van der Waals surface area contributed by atoms with Gasteiger partial charge in [0.1, 0.15) is 0 Å². The summed E-state index contributed by atoms with van der Waals surface area (Å²) in [6.07, 6.45) is 9.12. The molecule has 0 amide bonds. The summed E-state index contributed by atoms with van der Waals surface area (Å²) < 4.78 is 10.4. The summed E-state index contributed by atoms with van der Waals surface area (Å²) in [6, 6.07) is 0. The lowest BCUT2D eigenvalue weighted by atomic mass is 9.99. The van der Waals surface area contributed by atoms with Crippen molar-refractivity contribution in [3.63, 3.8) is 0 Å². The normalized spacial score (nSPS) is 13.5. The second-order valence-electron chi connectivity index (χ2n) is 3.60. The first-order valence-corrected chi connectivity index (χ1v) is 6.38. The molecule has 0 aromatic rings. The largest absolute Gasteiger partial charge is 0.382 e. The minimum absolute atomic E-state index is 0.644. The highest BCUT2D eigenvalue weighted by molar-refractivity contribution is 7.09. The van der Waals surface area contributed by atoms with Gasteiger partial charge in [0.25, 0.3) is 0 Å². The van der Waals surface area contributed by atoms with Crippen molar-refractivity contribution in [1.29, 1.82) is 0 Å². The standard InChI is InChI=1S/C12H25O2P/c1-3-5-7-12(9-11-14-15)8-6-10-13-4-2/h5,7,12H,3-4,6,8-11,15H2,1-2H3. The lowest BCUT2D eigenvalue weighted by Gasteiger charge is -2.11. The maximum absolute atomic E-state index is 5.33. The fourth-order valence-electron chi connectivity index (χ4n) is 1.48. The molecule has 0 fully saturated rings. The summed E-state index contributed by atoms with van der Waals surface area (Å²) >= 11 is 0. The molecule has 0 aliphatic carbocycles. The molecule has 2 unspecified atom stereocenters. The summed E-state index contributed by atoms with van der Waals surface area (Å²) in [4.78, 5) is 0. The first-order valence-electron chi connectivity index (χ1n) is 5.91. The molecular weight excluding hydrogens is 207 g/mol. The Kier molecular flexibility index (Phi) is 12.2. The van der Waals surface area contributed by atoms with Crippen molar-refractivity contribution in [2.24, 2.45) is 5.92 Å². The lowest BCUT2D eigenvalue weighted by Crippen LogP contribution is -2.03. The van der Waals surface area contributed by atoms with Crippen LogP contribution < -0.4 is 0 Å². The molecule has 0 radical (unpaired) electrons. The van der Waals surface area contributed by atoms with Crippen LogP contribution in [-0.2, 0) is 9.26 Å². The van der Waals surface area contributed by atoms with Crippen molar-refractivity contribution < 1.29 is 9.26 Å². The van der Waals surface area contributed by atoms with Crippen LogP contribution in [0.1, 0.15) is 39.5 Å². The smallest absolute Gasteiger partial charge is 0.0507 e. The zero-order valence-electron chi connectivity index (χ0n) is 10.1. The Morgan fingerprint density at radius 2 is 2.00 bits per heavy atom. The number of ether oxygens (including phenoxy) is 1. The summed E-state index contributed by atoms with van der Waals surface area (Å²) in [7, 11) is 2.31. The van der Waals surface area contributed by atoms with Gasteiger partial charge in [-0.15, -0.1) is 0 Å². The molecule has 2 nitrogen and oxygen atoms in total. The fraction of sp³-hybridized carbons (Fsp3) is 0.833. The molecule has 2 atom stereocenters. The van der Waals surface area contributed by atoms with E-state index in [1.807, 2.05) is 6.92 Å². The fourth-order valence-corrected chi connectivity index (χ4v) is 1.61. The Hall–Kier alpha value is 0.0900. The molecule has 0 aromatic heterocycles. The van der Waals surface area contributed by atoms with Crippen molar-refractivity contribution in [3.8, 4) is 0 Å². The summed E-state index contributed by atoms with van der Waals surface area (Å²) in [5.41, 5.74) is 0. The van der Waals surface area contributed by atoms with E-state index < -0.39 is 0 Å². The molecular formula is C12H25O2P. The molecule has 0 bridgehead atoms. The van der Waals surface area contributed by atoms with Gasteiger partial charge in [0.05, 0.1) is 6.61 Å². The molecule has 3 heteroatoms. The Labute approximate surface area is 96.7 Å². The lowest BCUT2D eigenvalue weighted by molar-refractivity contribution is 0.140. The number of rotatable bonds is 10. The molecule has 0 saturated carbocycles. The van der Waals surface area contributed by atoms with Gasteiger partial charge in [-0.05, 0) is 38.5 Å². The highest BCUT2D eigenvalue weighted by Gasteiger charge is 2.04. The third-order valence-electron chi connectivity index (χ3n) is 2.32. The van der Waals surface area contributed by atoms with E-state index in [0.717, 1.165) is 39.1 Å². The Morgan fingerprint density at radius 1 is 1.20 bits per heavy atom. The third-order valence-corrected chi connectivity index (χ3v) is 2.55. The molecule has 0 rings (SSSR count). The van der Waals surface area contributed by atoms with E-state index in [1.54, 1.807) is 0 Å². The maximum Gasteiger partial charge on any atom is 0.0507 e. The van der Waals surface area contributed by atoms with Crippen molar-refractivity contribution in [2.75, 3.05) is 19.8 Å². The molecule has 0 aromatic carbocycles. The third kappa shape index (κ3) is 10.4. The van der Waals surface area contributed by atoms with Crippen LogP contribution in [0.15, 0.2) is 12.2 Å².